The van der Waals surface area contributed by atoms with Crippen LogP contribution in [0.4, 0.5) is 4.79 Å². The number of esters is 1. The van der Waals surface area contributed by atoms with Gasteiger partial charge in [-0.1, -0.05) is 89.9 Å². The standard InChI is InChI=1S/C49H51Cl2N5O6/c1-49(2,3)62-48(59)55(30-37-21-22-45(57)53-37)27-32-13-17-33(18-14-32)38-9-7-11-40(46(38)51)39-10-8-12-43-41(39)25-52-56(43)29-35-24-44(60-5)36(23-42(35)50)28-54(4)26-31-15-19-34(20-16-31)47(58)61-6/h7-20,23-25,37H,21-22,26-30H2,1-6H3,(H,53,57)/t37-/m0/s1. The maximum atomic E-state index is 13.2. The van der Waals surface area contributed by atoms with Gasteiger partial charge >= 0.3 is 12.1 Å². The molecule has 1 aromatic heterocycles. The SMILES string of the molecule is COC(=O)c1ccc(CN(C)Cc2cc(Cl)c(Cn3ncc4c(-c5cccc(-c6ccc(CN(C[C@@H]7CCC(=O)N7)C(=O)OC(C)(C)C)cc6)c5Cl)cccc43)cc2OC)cc1. The highest BCUT2D eigenvalue weighted by atomic mass is 35.5. The van der Waals surface area contributed by atoms with E-state index in [9.17, 15) is 14.4 Å². The number of benzene rings is 5. The smallest absolute Gasteiger partial charge is 0.410 e. The molecule has 1 fully saturated rings. The van der Waals surface area contributed by atoms with E-state index in [-0.39, 0.29) is 17.9 Å². The third-order valence-corrected chi connectivity index (χ3v) is 11.6. The van der Waals surface area contributed by atoms with Crippen LogP contribution < -0.4 is 10.1 Å². The van der Waals surface area contributed by atoms with Crippen molar-refractivity contribution in [1.29, 1.82) is 0 Å². The van der Waals surface area contributed by atoms with Crippen molar-refractivity contribution in [3.8, 4) is 28.0 Å². The summed E-state index contributed by atoms with van der Waals surface area (Å²) < 4.78 is 18.3. The summed E-state index contributed by atoms with van der Waals surface area (Å²) in [6.45, 7) is 7.89. The first-order chi connectivity index (χ1) is 29.7. The molecule has 2 heterocycles. The van der Waals surface area contributed by atoms with E-state index in [1.165, 1.54) is 7.11 Å². The first kappa shape index (κ1) is 44.2. The molecule has 2 amide bonds. The number of methoxy groups -OCH3 is 2. The fourth-order valence-corrected chi connectivity index (χ4v) is 8.39. The lowest BCUT2D eigenvalue weighted by Crippen LogP contribution is -2.43. The highest BCUT2D eigenvalue weighted by Crippen LogP contribution is 2.40. The van der Waals surface area contributed by atoms with Crippen molar-refractivity contribution in [3.05, 3.63) is 141 Å². The van der Waals surface area contributed by atoms with Crippen LogP contribution in [0, 0.1) is 0 Å². The van der Waals surface area contributed by atoms with Crippen molar-refractivity contribution in [2.24, 2.45) is 0 Å². The highest BCUT2D eigenvalue weighted by Gasteiger charge is 2.28. The summed E-state index contributed by atoms with van der Waals surface area (Å²) in [4.78, 5) is 40.8. The van der Waals surface area contributed by atoms with Gasteiger partial charge in [0.2, 0.25) is 5.91 Å². The Morgan fingerprint density at radius 2 is 1.53 bits per heavy atom. The van der Waals surface area contributed by atoms with Crippen LogP contribution in [0.15, 0.2) is 103 Å². The van der Waals surface area contributed by atoms with Gasteiger partial charge in [0.15, 0.2) is 0 Å². The summed E-state index contributed by atoms with van der Waals surface area (Å²) in [7, 11) is 5.05. The van der Waals surface area contributed by atoms with Crippen LogP contribution >= 0.6 is 23.2 Å². The zero-order valence-corrected chi connectivity index (χ0v) is 37.3. The monoisotopic (exact) mass is 875 g/mol. The second-order valence-corrected chi connectivity index (χ2v) is 17.5. The van der Waals surface area contributed by atoms with Gasteiger partial charge in [0, 0.05) is 65.7 Å². The maximum Gasteiger partial charge on any atom is 0.410 e. The number of fused-ring (bicyclic) bond motifs is 1. The molecule has 1 saturated heterocycles. The molecule has 1 aliphatic rings. The predicted molar refractivity (Wildman–Crippen MR) is 243 cm³/mol. The number of carbonyl (C=O) groups is 3. The number of ether oxygens (including phenoxy) is 3. The molecule has 62 heavy (non-hydrogen) atoms. The van der Waals surface area contributed by atoms with Gasteiger partial charge in [-0.2, -0.15) is 5.10 Å². The number of hydrogen-bond donors (Lipinski definition) is 1. The fourth-order valence-electron chi connectivity index (χ4n) is 7.80. The van der Waals surface area contributed by atoms with Crippen LogP contribution in [-0.2, 0) is 40.4 Å². The molecule has 1 N–H and O–H groups in total. The number of aromatic nitrogens is 2. The molecule has 322 valence electrons. The summed E-state index contributed by atoms with van der Waals surface area (Å²) in [6, 6.07) is 31.3. The van der Waals surface area contributed by atoms with Crippen molar-refractivity contribution in [2.45, 2.75) is 71.4 Å². The molecule has 11 nitrogen and oxygen atoms in total. The van der Waals surface area contributed by atoms with Crippen LogP contribution in [0.1, 0.15) is 66.2 Å². The van der Waals surface area contributed by atoms with Crippen molar-refractivity contribution >= 4 is 52.1 Å². The lowest BCUT2D eigenvalue weighted by atomic mass is 9.96. The van der Waals surface area contributed by atoms with E-state index in [0.717, 1.165) is 61.2 Å². The van der Waals surface area contributed by atoms with Gasteiger partial charge in [-0.15, -0.1) is 0 Å². The Bertz CT molecular complexity index is 2590. The Morgan fingerprint density at radius 1 is 0.855 bits per heavy atom. The molecule has 0 bridgehead atoms. The van der Waals surface area contributed by atoms with E-state index in [4.69, 9.17) is 42.5 Å². The lowest BCUT2D eigenvalue weighted by molar-refractivity contribution is -0.119. The molecule has 0 unspecified atom stereocenters. The van der Waals surface area contributed by atoms with Crippen LogP contribution in [0.25, 0.3) is 33.2 Å². The maximum absolute atomic E-state index is 13.2. The molecule has 6 aromatic rings. The second-order valence-electron chi connectivity index (χ2n) is 16.7. The molecule has 0 aliphatic carbocycles. The molecular weight excluding hydrogens is 825 g/mol. The van der Waals surface area contributed by atoms with Crippen LogP contribution in [-0.4, -0.2) is 77.0 Å². The lowest BCUT2D eigenvalue weighted by Gasteiger charge is -2.29. The Kier molecular flexibility index (Phi) is 13.6. The average molecular weight is 877 g/mol. The van der Waals surface area contributed by atoms with Gasteiger partial charge < -0.3 is 24.4 Å². The number of nitrogens with one attached hydrogen (secondary N) is 1. The molecule has 0 radical (unpaired) electrons. The quantitative estimate of drug-likeness (QED) is 0.108. The van der Waals surface area contributed by atoms with E-state index in [2.05, 4.69) is 16.3 Å². The number of carbonyl (C=O) groups excluding carboxylic acids is 3. The molecule has 1 atom stereocenters. The minimum Gasteiger partial charge on any atom is -0.496 e. The van der Waals surface area contributed by atoms with Crippen molar-refractivity contribution < 1.29 is 28.6 Å². The van der Waals surface area contributed by atoms with Gasteiger partial charge in [0.25, 0.3) is 0 Å². The van der Waals surface area contributed by atoms with Gasteiger partial charge in [0.1, 0.15) is 11.4 Å². The average Bonchev–Trinajstić information content (AvgIpc) is 3.86. The molecular formula is C49H51Cl2N5O6. The molecule has 13 heteroatoms. The highest BCUT2D eigenvalue weighted by molar-refractivity contribution is 6.36. The summed E-state index contributed by atoms with van der Waals surface area (Å²) in [5, 5.41) is 9.93. The first-order valence-corrected chi connectivity index (χ1v) is 21.3. The Morgan fingerprint density at radius 3 is 2.21 bits per heavy atom. The minimum absolute atomic E-state index is 0.000622. The van der Waals surface area contributed by atoms with Crippen LogP contribution in [0.3, 0.4) is 0 Å². The van der Waals surface area contributed by atoms with Crippen LogP contribution in [0.5, 0.6) is 5.75 Å². The predicted octanol–water partition coefficient (Wildman–Crippen LogP) is 10.2. The van der Waals surface area contributed by atoms with Crippen LogP contribution in [0.2, 0.25) is 10.0 Å². The van der Waals surface area contributed by atoms with Gasteiger partial charge in [-0.3, -0.25) is 14.4 Å². The van der Waals surface area contributed by atoms with Gasteiger partial charge in [-0.05, 0) is 92.4 Å². The van der Waals surface area contributed by atoms with Crippen molar-refractivity contribution in [2.75, 3.05) is 27.8 Å². The van der Waals surface area contributed by atoms with E-state index in [1.807, 2.05) is 118 Å². The number of hydrogen-bond acceptors (Lipinski definition) is 8. The third kappa shape index (κ3) is 10.4. The molecule has 7 rings (SSSR count). The van der Waals surface area contributed by atoms with E-state index >= 15 is 0 Å². The third-order valence-electron chi connectivity index (χ3n) is 10.8. The fraction of sp³-hybridized carbons (Fsp3) is 0.306. The zero-order valence-electron chi connectivity index (χ0n) is 35.8. The van der Waals surface area contributed by atoms with Crippen molar-refractivity contribution in [1.82, 2.24) is 24.9 Å². The zero-order chi connectivity index (χ0) is 44.1. The topological polar surface area (TPSA) is 115 Å². The molecule has 1 aliphatic heterocycles. The number of halogens is 2. The van der Waals surface area contributed by atoms with Gasteiger partial charge in [-0.25, -0.2) is 9.59 Å². The Balaban J connectivity index is 1.07. The van der Waals surface area contributed by atoms with E-state index in [1.54, 1.807) is 24.1 Å². The Hall–Kier alpha value is -5.88. The normalized spacial score (nSPS) is 14.0. The summed E-state index contributed by atoms with van der Waals surface area (Å²) >= 11 is 14.2. The minimum atomic E-state index is -0.651. The number of amides is 2. The molecule has 0 spiro atoms. The largest absolute Gasteiger partial charge is 0.496 e. The van der Waals surface area contributed by atoms with E-state index < -0.39 is 11.7 Å². The second kappa shape index (κ2) is 19.0. The molecule has 5 aromatic carbocycles. The van der Waals surface area contributed by atoms with E-state index in [0.29, 0.717) is 61.2 Å². The first-order valence-electron chi connectivity index (χ1n) is 20.5. The summed E-state index contributed by atoms with van der Waals surface area (Å²) in [5.41, 5.74) is 8.22. The van der Waals surface area contributed by atoms with Gasteiger partial charge in [0.05, 0.1) is 43.1 Å². The summed E-state index contributed by atoms with van der Waals surface area (Å²) in [6.07, 6.45) is 2.58. The summed E-state index contributed by atoms with van der Waals surface area (Å²) in [5.74, 6) is 0.367. The van der Waals surface area contributed by atoms with Crippen molar-refractivity contribution in [3.63, 3.8) is 0 Å². The molecule has 0 saturated carbocycles. The number of nitrogens with zero attached hydrogens (tertiary/aromatic N) is 4. The Labute approximate surface area is 372 Å². The number of rotatable bonds is 14.